The Kier molecular flexibility index (Phi) is 6.52. The van der Waals surface area contributed by atoms with Crippen molar-refractivity contribution in [1.29, 1.82) is 0 Å². The second kappa shape index (κ2) is 9.32. The average molecular weight is 492 g/mol. The number of para-hydroxylation sites is 1. The van der Waals surface area contributed by atoms with E-state index in [1.54, 1.807) is 48.5 Å². The summed E-state index contributed by atoms with van der Waals surface area (Å²) in [5, 5.41) is 5.85. The van der Waals surface area contributed by atoms with Crippen molar-refractivity contribution in [2.45, 2.75) is 5.16 Å². The smallest absolute Gasteiger partial charge is 0.276 e. The number of hydrogen-bond donors (Lipinski definition) is 1. The van der Waals surface area contributed by atoms with Crippen molar-refractivity contribution in [2.24, 2.45) is 0 Å². The third kappa shape index (κ3) is 4.57. The number of halogens is 2. The molecule has 0 aliphatic carbocycles. The minimum absolute atomic E-state index is 0.0161. The molecule has 0 bridgehead atoms. The Balaban J connectivity index is 1.65. The molecule has 0 spiro atoms. The van der Waals surface area contributed by atoms with Crippen LogP contribution in [-0.4, -0.2) is 28.3 Å². The van der Waals surface area contributed by atoms with Gasteiger partial charge in [-0.25, -0.2) is 4.98 Å². The van der Waals surface area contributed by atoms with E-state index in [0.717, 1.165) is 11.8 Å². The highest BCUT2D eigenvalue weighted by atomic mass is 35.5. The van der Waals surface area contributed by atoms with Crippen LogP contribution in [0.1, 0.15) is 0 Å². The average Bonchev–Trinajstić information content (AvgIpc) is 3.22. The molecule has 0 fully saturated rings. The van der Waals surface area contributed by atoms with Crippen LogP contribution in [0.5, 0.6) is 5.75 Å². The van der Waals surface area contributed by atoms with Gasteiger partial charge in [-0.3, -0.25) is 14.2 Å². The van der Waals surface area contributed by atoms with Crippen LogP contribution in [0.2, 0.25) is 10.0 Å². The van der Waals surface area contributed by atoms with Gasteiger partial charge in [0.15, 0.2) is 5.16 Å². The minimum Gasteiger partial charge on any atom is -0.495 e. The first-order chi connectivity index (χ1) is 15.0. The summed E-state index contributed by atoms with van der Waals surface area (Å²) in [6.45, 7) is 0. The summed E-state index contributed by atoms with van der Waals surface area (Å²) in [6, 6.07) is 13.8. The summed E-state index contributed by atoms with van der Waals surface area (Å²) in [5.74, 6) is 0.215. The second-order valence-corrected chi connectivity index (χ2v) is 9.01. The van der Waals surface area contributed by atoms with Crippen molar-refractivity contribution in [3.8, 4) is 11.4 Å². The lowest BCUT2D eigenvalue weighted by atomic mass is 10.3. The van der Waals surface area contributed by atoms with Gasteiger partial charge >= 0.3 is 0 Å². The Labute approximate surface area is 195 Å². The van der Waals surface area contributed by atoms with E-state index in [9.17, 15) is 9.59 Å². The first-order valence-electron chi connectivity index (χ1n) is 8.99. The van der Waals surface area contributed by atoms with E-state index < -0.39 is 0 Å². The number of anilines is 1. The van der Waals surface area contributed by atoms with Crippen molar-refractivity contribution in [3.63, 3.8) is 0 Å². The fourth-order valence-electron chi connectivity index (χ4n) is 2.93. The van der Waals surface area contributed by atoms with Crippen molar-refractivity contribution in [2.75, 3.05) is 18.2 Å². The highest BCUT2D eigenvalue weighted by molar-refractivity contribution is 7.99. The van der Waals surface area contributed by atoms with E-state index in [0.29, 0.717) is 42.5 Å². The zero-order chi connectivity index (χ0) is 22.0. The highest BCUT2D eigenvalue weighted by Crippen LogP contribution is 2.29. The number of nitrogens with one attached hydrogen (secondary N) is 1. The molecule has 0 aliphatic heterocycles. The number of amides is 1. The van der Waals surface area contributed by atoms with Gasteiger partial charge in [-0.15, -0.1) is 11.3 Å². The number of ether oxygens (including phenoxy) is 1. The molecule has 158 valence electrons. The number of fused-ring (bicyclic) bond motifs is 1. The van der Waals surface area contributed by atoms with Crippen LogP contribution >= 0.6 is 46.3 Å². The Morgan fingerprint density at radius 2 is 2.03 bits per heavy atom. The third-order valence-electron chi connectivity index (χ3n) is 4.31. The van der Waals surface area contributed by atoms with E-state index in [1.807, 2.05) is 5.38 Å². The molecule has 0 aliphatic rings. The minimum atomic E-state index is -0.295. The lowest BCUT2D eigenvalue weighted by Crippen LogP contribution is -2.22. The molecular formula is C21H15Cl2N3O3S2. The van der Waals surface area contributed by atoms with Crippen LogP contribution in [-0.2, 0) is 4.79 Å². The predicted molar refractivity (Wildman–Crippen MR) is 128 cm³/mol. The van der Waals surface area contributed by atoms with Gasteiger partial charge < -0.3 is 10.1 Å². The highest BCUT2D eigenvalue weighted by Gasteiger charge is 2.18. The van der Waals surface area contributed by atoms with Crippen LogP contribution in [0.25, 0.3) is 15.9 Å². The number of hydrogen-bond acceptors (Lipinski definition) is 6. The Hall–Kier alpha value is -2.52. The number of aromatic nitrogens is 2. The van der Waals surface area contributed by atoms with Crippen molar-refractivity contribution in [1.82, 2.24) is 9.55 Å². The van der Waals surface area contributed by atoms with Gasteiger partial charge in [-0.2, -0.15) is 0 Å². The number of methoxy groups -OCH3 is 1. The molecule has 2 aromatic carbocycles. The molecule has 0 unspecified atom stereocenters. The lowest BCUT2D eigenvalue weighted by molar-refractivity contribution is -0.113. The molecular weight excluding hydrogens is 477 g/mol. The van der Waals surface area contributed by atoms with Gasteiger partial charge in [0.2, 0.25) is 5.91 Å². The summed E-state index contributed by atoms with van der Waals surface area (Å²) in [4.78, 5) is 30.4. The standard InChI is InChI=1S/C21H15Cl2N3O3S2/c1-29-17-7-6-12(22)10-15(17)24-18(27)11-31-21-25-14-8-9-30-19(14)20(28)26(21)16-5-3-2-4-13(16)23/h2-10H,11H2,1H3,(H,24,27). The van der Waals surface area contributed by atoms with E-state index >= 15 is 0 Å². The van der Waals surface area contributed by atoms with Gasteiger partial charge in [0.05, 0.1) is 34.8 Å². The Bertz CT molecular complexity index is 1340. The fourth-order valence-corrected chi connectivity index (χ4v) is 4.89. The van der Waals surface area contributed by atoms with Gasteiger partial charge in [-0.05, 0) is 41.8 Å². The van der Waals surface area contributed by atoms with Gasteiger partial charge in [0.25, 0.3) is 5.56 Å². The fraction of sp³-hybridized carbons (Fsp3) is 0.0952. The number of nitrogens with zero attached hydrogens (tertiary/aromatic N) is 2. The van der Waals surface area contributed by atoms with E-state index in [-0.39, 0.29) is 17.2 Å². The zero-order valence-electron chi connectivity index (χ0n) is 16.1. The maximum atomic E-state index is 13.1. The molecule has 4 rings (SSSR count). The van der Waals surface area contributed by atoms with Crippen molar-refractivity contribution in [3.05, 3.63) is 74.3 Å². The van der Waals surface area contributed by atoms with Crippen LogP contribution in [0.15, 0.2) is 63.9 Å². The van der Waals surface area contributed by atoms with Gasteiger partial charge in [-0.1, -0.05) is 47.1 Å². The summed E-state index contributed by atoms with van der Waals surface area (Å²) < 4.78 is 7.23. The maximum absolute atomic E-state index is 13.1. The third-order valence-corrected chi connectivity index (χ3v) is 6.70. The molecule has 0 radical (unpaired) electrons. The maximum Gasteiger partial charge on any atom is 0.276 e. The number of carbonyl (C=O) groups is 1. The van der Waals surface area contributed by atoms with E-state index in [4.69, 9.17) is 27.9 Å². The number of carbonyl (C=O) groups excluding carboxylic acids is 1. The number of thiophene rings is 1. The monoisotopic (exact) mass is 491 g/mol. The van der Waals surface area contributed by atoms with Crippen molar-refractivity contribution < 1.29 is 9.53 Å². The molecule has 4 aromatic rings. The van der Waals surface area contributed by atoms with Crippen LogP contribution in [0, 0.1) is 0 Å². The molecule has 2 aromatic heterocycles. The Morgan fingerprint density at radius 3 is 2.81 bits per heavy atom. The van der Waals surface area contributed by atoms with E-state index in [2.05, 4.69) is 10.3 Å². The summed E-state index contributed by atoms with van der Waals surface area (Å²) in [5.41, 5.74) is 1.33. The largest absolute Gasteiger partial charge is 0.495 e. The van der Waals surface area contributed by atoms with Crippen LogP contribution in [0.3, 0.4) is 0 Å². The normalized spacial score (nSPS) is 10.9. The molecule has 10 heteroatoms. The molecule has 2 heterocycles. The molecule has 1 amide bonds. The molecule has 0 atom stereocenters. The molecule has 1 N–H and O–H groups in total. The first-order valence-corrected chi connectivity index (χ1v) is 11.6. The summed E-state index contributed by atoms with van der Waals surface area (Å²) in [7, 11) is 1.51. The topological polar surface area (TPSA) is 73.2 Å². The zero-order valence-corrected chi connectivity index (χ0v) is 19.2. The number of thioether (sulfide) groups is 1. The predicted octanol–water partition coefficient (Wildman–Crippen LogP) is 5.49. The SMILES string of the molecule is COc1ccc(Cl)cc1NC(=O)CSc1nc2ccsc2c(=O)n1-c1ccccc1Cl. The second-order valence-electron chi connectivity index (χ2n) is 6.30. The first kappa shape index (κ1) is 21.7. The summed E-state index contributed by atoms with van der Waals surface area (Å²) in [6.07, 6.45) is 0. The van der Waals surface area contributed by atoms with E-state index in [1.165, 1.54) is 23.0 Å². The van der Waals surface area contributed by atoms with Crippen LogP contribution < -0.4 is 15.6 Å². The lowest BCUT2D eigenvalue weighted by Gasteiger charge is -2.14. The quantitative estimate of drug-likeness (QED) is 0.285. The Morgan fingerprint density at radius 1 is 1.23 bits per heavy atom. The number of rotatable bonds is 6. The molecule has 0 saturated heterocycles. The van der Waals surface area contributed by atoms with Crippen LogP contribution in [0.4, 0.5) is 5.69 Å². The number of benzene rings is 2. The summed E-state index contributed by atoms with van der Waals surface area (Å²) >= 11 is 14.8. The molecule has 6 nitrogen and oxygen atoms in total. The van der Waals surface area contributed by atoms with Gasteiger partial charge in [0, 0.05) is 5.02 Å². The molecule has 0 saturated carbocycles. The van der Waals surface area contributed by atoms with Gasteiger partial charge in [0.1, 0.15) is 10.4 Å². The molecule has 31 heavy (non-hydrogen) atoms. The van der Waals surface area contributed by atoms with Crippen molar-refractivity contribution >= 4 is 68.1 Å².